The van der Waals surface area contributed by atoms with Gasteiger partial charge < -0.3 is 4.74 Å². The lowest BCUT2D eigenvalue weighted by atomic mass is 10.2. The molecule has 0 bridgehead atoms. The van der Waals surface area contributed by atoms with E-state index >= 15 is 0 Å². The molecule has 120 valence electrons. The Kier molecular flexibility index (Phi) is 6.29. The Labute approximate surface area is 136 Å². The second-order valence-corrected chi connectivity index (χ2v) is 5.08. The van der Waals surface area contributed by atoms with Gasteiger partial charge in [0.2, 0.25) is 0 Å². The lowest BCUT2D eigenvalue weighted by molar-refractivity contribution is 0.0955. The number of hydrazone groups is 1. The maximum absolute atomic E-state index is 12.1. The second kappa shape index (κ2) is 8.68. The van der Waals surface area contributed by atoms with Crippen molar-refractivity contribution in [1.29, 1.82) is 0 Å². The first kappa shape index (κ1) is 16.7. The van der Waals surface area contributed by atoms with Crippen molar-refractivity contribution in [3.8, 4) is 5.75 Å². The predicted octanol–water partition coefficient (Wildman–Crippen LogP) is 3.41. The van der Waals surface area contributed by atoms with E-state index in [1.54, 1.807) is 37.4 Å². The number of unbranched alkanes of at least 4 members (excludes halogenated alkanes) is 1. The van der Waals surface area contributed by atoms with Gasteiger partial charge in [-0.2, -0.15) is 5.10 Å². The van der Waals surface area contributed by atoms with Crippen molar-refractivity contribution in [3.63, 3.8) is 0 Å². The van der Waals surface area contributed by atoms with Crippen LogP contribution in [0.15, 0.2) is 53.8 Å². The van der Waals surface area contributed by atoms with Crippen LogP contribution in [0.1, 0.15) is 42.7 Å². The number of amides is 1. The Morgan fingerprint density at radius 2 is 2.00 bits per heavy atom. The van der Waals surface area contributed by atoms with E-state index in [0.29, 0.717) is 17.9 Å². The highest BCUT2D eigenvalue weighted by molar-refractivity contribution is 5.99. The highest BCUT2D eigenvalue weighted by atomic mass is 16.5. The average molecular weight is 311 g/mol. The molecule has 0 radical (unpaired) electrons. The third-order valence-corrected chi connectivity index (χ3v) is 3.24. The molecule has 0 saturated heterocycles. The van der Waals surface area contributed by atoms with Crippen molar-refractivity contribution in [2.75, 3.05) is 6.61 Å². The maximum atomic E-state index is 12.1. The van der Waals surface area contributed by atoms with Crippen molar-refractivity contribution in [1.82, 2.24) is 10.4 Å². The van der Waals surface area contributed by atoms with E-state index in [1.807, 2.05) is 18.2 Å². The van der Waals surface area contributed by atoms with Gasteiger partial charge in [-0.3, -0.25) is 9.78 Å². The molecule has 1 N–H and O–H groups in total. The molecule has 1 aromatic carbocycles. The van der Waals surface area contributed by atoms with Crippen LogP contribution >= 0.6 is 0 Å². The fraction of sp³-hybridized carbons (Fsp3) is 0.278. The second-order valence-electron chi connectivity index (χ2n) is 5.08. The van der Waals surface area contributed by atoms with Crippen LogP contribution in [0.5, 0.6) is 5.75 Å². The fourth-order valence-electron chi connectivity index (χ4n) is 1.87. The first-order chi connectivity index (χ1) is 11.2. The summed E-state index contributed by atoms with van der Waals surface area (Å²) in [4.78, 5) is 16.3. The molecule has 0 fully saturated rings. The van der Waals surface area contributed by atoms with Crippen molar-refractivity contribution in [2.24, 2.45) is 5.10 Å². The van der Waals surface area contributed by atoms with Crippen LogP contribution in [0.4, 0.5) is 0 Å². The number of aromatic nitrogens is 1. The molecule has 0 aliphatic heterocycles. The van der Waals surface area contributed by atoms with Gasteiger partial charge in [0.1, 0.15) is 5.75 Å². The summed E-state index contributed by atoms with van der Waals surface area (Å²) >= 11 is 0. The van der Waals surface area contributed by atoms with Gasteiger partial charge in [0.05, 0.1) is 18.0 Å². The van der Waals surface area contributed by atoms with Gasteiger partial charge in [-0.25, -0.2) is 5.43 Å². The molecular weight excluding hydrogens is 290 g/mol. The smallest absolute Gasteiger partial charge is 0.271 e. The zero-order chi connectivity index (χ0) is 16.5. The van der Waals surface area contributed by atoms with E-state index in [0.717, 1.165) is 24.3 Å². The first-order valence-electron chi connectivity index (χ1n) is 7.69. The van der Waals surface area contributed by atoms with Crippen molar-refractivity contribution in [2.45, 2.75) is 26.7 Å². The van der Waals surface area contributed by atoms with Crippen molar-refractivity contribution in [3.05, 3.63) is 59.9 Å². The summed E-state index contributed by atoms with van der Waals surface area (Å²) in [6.07, 6.45) is 3.80. The van der Waals surface area contributed by atoms with Gasteiger partial charge in [0, 0.05) is 11.8 Å². The lowest BCUT2D eigenvalue weighted by Crippen LogP contribution is -2.19. The van der Waals surface area contributed by atoms with Crippen LogP contribution in [0.25, 0.3) is 0 Å². The van der Waals surface area contributed by atoms with Crippen LogP contribution < -0.4 is 10.2 Å². The van der Waals surface area contributed by atoms with E-state index in [1.165, 1.54) is 0 Å². The summed E-state index contributed by atoms with van der Waals surface area (Å²) in [5.41, 5.74) is 4.45. The number of carbonyl (C=O) groups is 1. The zero-order valence-electron chi connectivity index (χ0n) is 13.5. The number of carbonyl (C=O) groups excluding carboxylic acids is 1. The molecular formula is C18H21N3O2. The van der Waals surface area contributed by atoms with Gasteiger partial charge in [0.25, 0.3) is 5.91 Å². The van der Waals surface area contributed by atoms with Crippen LogP contribution in [-0.2, 0) is 0 Å². The molecule has 2 aromatic rings. The monoisotopic (exact) mass is 311 g/mol. The third kappa shape index (κ3) is 5.21. The normalized spacial score (nSPS) is 11.1. The number of rotatable bonds is 7. The van der Waals surface area contributed by atoms with Gasteiger partial charge in [0.15, 0.2) is 0 Å². The third-order valence-electron chi connectivity index (χ3n) is 3.24. The molecule has 0 saturated carbocycles. The van der Waals surface area contributed by atoms with E-state index in [9.17, 15) is 4.79 Å². The molecule has 0 unspecified atom stereocenters. The van der Waals surface area contributed by atoms with E-state index in [2.05, 4.69) is 22.4 Å². The zero-order valence-corrected chi connectivity index (χ0v) is 13.5. The number of hydrogen-bond acceptors (Lipinski definition) is 4. The Bertz CT molecular complexity index is 652. The van der Waals surface area contributed by atoms with Crippen LogP contribution in [0, 0.1) is 0 Å². The first-order valence-corrected chi connectivity index (χ1v) is 7.69. The summed E-state index contributed by atoms with van der Waals surface area (Å²) in [5, 5.41) is 4.08. The number of nitrogens with zero attached hydrogens (tertiary/aromatic N) is 2. The highest BCUT2D eigenvalue weighted by Crippen LogP contribution is 2.12. The molecule has 0 aliphatic rings. The standard InChI is InChI=1S/C18H21N3O2/c1-3-4-13-23-16-10-8-15(9-11-16)18(22)21-20-14(2)17-7-5-6-12-19-17/h5-12H,3-4,13H2,1-2H3,(H,21,22)/b20-14-. The molecule has 5 nitrogen and oxygen atoms in total. The number of pyridine rings is 1. The topological polar surface area (TPSA) is 63.6 Å². The molecule has 0 atom stereocenters. The van der Waals surface area contributed by atoms with Crippen LogP contribution in [0.3, 0.4) is 0 Å². The number of benzene rings is 1. The molecule has 1 amide bonds. The average Bonchev–Trinajstić information content (AvgIpc) is 2.61. The Morgan fingerprint density at radius 3 is 2.65 bits per heavy atom. The molecule has 0 aliphatic carbocycles. The van der Waals surface area contributed by atoms with E-state index in [4.69, 9.17) is 4.74 Å². The van der Waals surface area contributed by atoms with E-state index < -0.39 is 0 Å². The van der Waals surface area contributed by atoms with Crippen molar-refractivity contribution < 1.29 is 9.53 Å². The molecule has 5 heteroatoms. The lowest BCUT2D eigenvalue weighted by Gasteiger charge is -2.06. The molecule has 0 spiro atoms. The highest BCUT2D eigenvalue weighted by Gasteiger charge is 2.05. The predicted molar refractivity (Wildman–Crippen MR) is 90.8 cm³/mol. The number of hydrogen-bond donors (Lipinski definition) is 1. The summed E-state index contributed by atoms with van der Waals surface area (Å²) < 4.78 is 5.57. The largest absolute Gasteiger partial charge is 0.494 e. The van der Waals surface area contributed by atoms with Gasteiger partial charge >= 0.3 is 0 Å². The van der Waals surface area contributed by atoms with Gasteiger partial charge in [-0.1, -0.05) is 19.4 Å². The Morgan fingerprint density at radius 1 is 1.22 bits per heavy atom. The van der Waals surface area contributed by atoms with Gasteiger partial charge in [-0.15, -0.1) is 0 Å². The minimum absolute atomic E-state index is 0.264. The van der Waals surface area contributed by atoms with Gasteiger partial charge in [-0.05, 0) is 49.7 Å². The summed E-state index contributed by atoms with van der Waals surface area (Å²) in [6, 6.07) is 12.6. The molecule has 23 heavy (non-hydrogen) atoms. The summed E-state index contributed by atoms with van der Waals surface area (Å²) in [6.45, 7) is 4.60. The maximum Gasteiger partial charge on any atom is 0.271 e. The molecule has 1 aromatic heterocycles. The van der Waals surface area contributed by atoms with Crippen molar-refractivity contribution >= 4 is 11.6 Å². The fourth-order valence-corrected chi connectivity index (χ4v) is 1.87. The summed E-state index contributed by atoms with van der Waals surface area (Å²) in [5.74, 6) is 0.503. The minimum atomic E-state index is -0.264. The molecule has 1 heterocycles. The minimum Gasteiger partial charge on any atom is -0.494 e. The Hall–Kier alpha value is -2.69. The SMILES string of the molecule is CCCCOc1ccc(C(=O)N/N=C(/C)c2ccccn2)cc1. The number of nitrogens with one attached hydrogen (secondary N) is 1. The Balaban J connectivity index is 1.93. The van der Waals surface area contributed by atoms with Crippen LogP contribution in [0.2, 0.25) is 0 Å². The quantitative estimate of drug-likeness (QED) is 0.484. The number of ether oxygens (including phenoxy) is 1. The summed E-state index contributed by atoms with van der Waals surface area (Å²) in [7, 11) is 0. The van der Waals surface area contributed by atoms with E-state index in [-0.39, 0.29) is 5.91 Å². The van der Waals surface area contributed by atoms with Crippen LogP contribution in [-0.4, -0.2) is 23.2 Å². The molecule has 2 rings (SSSR count).